The summed E-state index contributed by atoms with van der Waals surface area (Å²) in [4.78, 5) is 19.5. The minimum absolute atomic E-state index is 0.00568. The fraction of sp³-hybridized carbons (Fsp3) is 0. The third-order valence-corrected chi connectivity index (χ3v) is 4.24. The fourth-order valence-electron chi connectivity index (χ4n) is 2.52. The van der Waals surface area contributed by atoms with Crippen molar-refractivity contribution in [2.24, 2.45) is 0 Å². The minimum Gasteiger partial charge on any atom is -0.506 e. The fourth-order valence-corrected chi connectivity index (χ4v) is 2.78. The summed E-state index contributed by atoms with van der Waals surface area (Å²) in [7, 11) is 0. The molecule has 0 spiro atoms. The van der Waals surface area contributed by atoms with Gasteiger partial charge in [-0.15, -0.1) is 0 Å². The molecule has 0 aliphatic rings. The zero-order valence-electron chi connectivity index (χ0n) is 12.3. The lowest BCUT2D eigenvalue weighted by molar-refractivity contribution is 0.480. The zero-order chi connectivity index (χ0) is 16.7. The number of aromatic hydroxyl groups is 1. The molecule has 2 N–H and O–H groups in total. The molecule has 24 heavy (non-hydrogen) atoms. The van der Waals surface area contributed by atoms with E-state index in [1.807, 2.05) is 24.3 Å². The monoisotopic (exact) mass is 382 g/mol. The van der Waals surface area contributed by atoms with Gasteiger partial charge in [0.25, 0.3) is 0 Å². The molecule has 4 rings (SSSR count). The smallest absolute Gasteiger partial charge is 0.243 e. The lowest BCUT2D eigenvalue weighted by atomic mass is 10.2. The van der Waals surface area contributed by atoms with Gasteiger partial charge in [0.05, 0.1) is 11.7 Å². The maximum Gasteiger partial charge on any atom is 0.243 e. The van der Waals surface area contributed by atoms with Crippen LogP contribution in [0.25, 0.3) is 33.8 Å². The summed E-state index contributed by atoms with van der Waals surface area (Å²) in [5.74, 6) is 0.886. The maximum atomic E-state index is 12.2. The topological polar surface area (TPSA) is 79.1 Å². The van der Waals surface area contributed by atoms with Crippen molar-refractivity contribution in [1.29, 1.82) is 0 Å². The largest absolute Gasteiger partial charge is 0.506 e. The number of hydrogen-bond donors (Lipinski definition) is 2. The van der Waals surface area contributed by atoms with Gasteiger partial charge < -0.3 is 14.5 Å². The van der Waals surface area contributed by atoms with E-state index in [9.17, 15) is 9.90 Å². The highest BCUT2D eigenvalue weighted by Gasteiger charge is 2.12. The number of hydrogen-bond acceptors (Lipinski definition) is 4. The second-order valence-electron chi connectivity index (χ2n) is 5.28. The van der Waals surface area contributed by atoms with E-state index in [-0.39, 0.29) is 17.1 Å². The van der Waals surface area contributed by atoms with Gasteiger partial charge in [-0.05, 0) is 24.3 Å². The van der Waals surface area contributed by atoms with Crippen molar-refractivity contribution < 1.29 is 9.52 Å². The molecule has 2 aromatic carbocycles. The van der Waals surface area contributed by atoms with Crippen molar-refractivity contribution in [3.63, 3.8) is 0 Å². The van der Waals surface area contributed by atoms with Gasteiger partial charge in [-0.25, -0.2) is 4.98 Å². The number of benzene rings is 2. The summed E-state index contributed by atoms with van der Waals surface area (Å²) >= 11 is 3.39. The van der Waals surface area contributed by atoms with Crippen LogP contribution in [0.5, 0.6) is 5.75 Å². The molecule has 0 aliphatic heterocycles. The van der Waals surface area contributed by atoms with Gasteiger partial charge in [0, 0.05) is 21.5 Å². The first-order valence-corrected chi connectivity index (χ1v) is 7.98. The second-order valence-corrected chi connectivity index (χ2v) is 6.20. The van der Waals surface area contributed by atoms with E-state index < -0.39 is 0 Å². The van der Waals surface area contributed by atoms with Gasteiger partial charge in [-0.1, -0.05) is 34.1 Å². The number of phenols is 1. The van der Waals surface area contributed by atoms with Crippen LogP contribution in [-0.4, -0.2) is 15.1 Å². The number of nitrogens with one attached hydrogen (secondary N) is 1. The number of para-hydroxylation sites is 1. The van der Waals surface area contributed by atoms with Crippen LogP contribution in [0.4, 0.5) is 0 Å². The summed E-state index contributed by atoms with van der Waals surface area (Å²) in [6.45, 7) is 0. The first kappa shape index (κ1) is 14.7. The Morgan fingerprint density at radius 2 is 1.92 bits per heavy atom. The van der Waals surface area contributed by atoms with Crippen molar-refractivity contribution >= 4 is 26.8 Å². The third kappa shape index (κ3) is 2.51. The molecular formula is C18H11BrN2O3. The molecule has 118 valence electrons. The molecule has 0 radical (unpaired) electrons. The lowest BCUT2D eigenvalue weighted by Gasteiger charge is -2.03. The summed E-state index contributed by atoms with van der Waals surface area (Å²) in [5, 5.41) is 10.4. The van der Waals surface area contributed by atoms with Gasteiger partial charge in [-0.3, -0.25) is 4.79 Å². The van der Waals surface area contributed by atoms with Gasteiger partial charge in [0.15, 0.2) is 11.2 Å². The van der Waals surface area contributed by atoms with Crippen LogP contribution in [0, 0.1) is 0 Å². The predicted octanol–water partition coefficient (Wildman–Crippen LogP) is 4.32. The third-order valence-electron chi connectivity index (χ3n) is 3.71. The zero-order valence-corrected chi connectivity index (χ0v) is 13.9. The molecule has 0 saturated carbocycles. The minimum atomic E-state index is -0.210. The van der Waals surface area contributed by atoms with E-state index in [2.05, 4.69) is 25.9 Å². The molecule has 0 atom stereocenters. The summed E-state index contributed by atoms with van der Waals surface area (Å²) in [6.07, 6.45) is 1.60. The second kappa shape index (κ2) is 5.65. The van der Waals surface area contributed by atoms with E-state index in [4.69, 9.17) is 4.42 Å². The molecular weight excluding hydrogens is 372 g/mol. The molecule has 0 unspecified atom stereocenters. The van der Waals surface area contributed by atoms with Gasteiger partial charge in [-0.2, -0.15) is 0 Å². The number of pyridine rings is 1. The Kier molecular flexibility index (Phi) is 3.46. The van der Waals surface area contributed by atoms with Crippen LogP contribution >= 0.6 is 15.9 Å². The van der Waals surface area contributed by atoms with E-state index in [0.29, 0.717) is 22.4 Å². The van der Waals surface area contributed by atoms with Crippen molar-refractivity contribution in [3.8, 4) is 28.7 Å². The van der Waals surface area contributed by atoms with E-state index in [0.717, 1.165) is 10.0 Å². The Hall–Kier alpha value is -2.86. The van der Waals surface area contributed by atoms with Crippen molar-refractivity contribution in [1.82, 2.24) is 9.97 Å². The summed E-state index contributed by atoms with van der Waals surface area (Å²) in [5.41, 5.74) is 1.45. The van der Waals surface area contributed by atoms with E-state index >= 15 is 0 Å². The quantitative estimate of drug-likeness (QED) is 0.541. The highest BCUT2D eigenvalue weighted by molar-refractivity contribution is 9.10. The Balaban J connectivity index is 1.82. The number of phenolic OH excluding ortho intramolecular Hbond substituents is 1. The standard InChI is InChI=1S/C18H11BrN2O3/c19-11-6-4-10(5-7-11)16-9-20-18(24-16)13-8-15(23)12-2-1-3-14(22)17(12)21-13/h1-9,22H,(H,21,23). The average Bonchev–Trinajstić information content (AvgIpc) is 3.06. The highest BCUT2D eigenvalue weighted by atomic mass is 79.9. The maximum absolute atomic E-state index is 12.2. The predicted molar refractivity (Wildman–Crippen MR) is 94.9 cm³/mol. The van der Waals surface area contributed by atoms with Crippen LogP contribution in [0.3, 0.4) is 0 Å². The first-order valence-electron chi connectivity index (χ1n) is 7.19. The van der Waals surface area contributed by atoms with Gasteiger partial charge >= 0.3 is 0 Å². The van der Waals surface area contributed by atoms with Gasteiger partial charge in [0.1, 0.15) is 11.4 Å². The number of rotatable bonds is 2. The Labute approximate surface area is 144 Å². The molecule has 6 heteroatoms. The van der Waals surface area contributed by atoms with E-state index in [1.165, 1.54) is 12.1 Å². The number of H-pyrrole nitrogens is 1. The number of oxazole rings is 1. The van der Waals surface area contributed by atoms with Gasteiger partial charge in [0.2, 0.25) is 5.89 Å². The molecule has 4 aromatic rings. The number of fused-ring (bicyclic) bond motifs is 1. The molecule has 0 amide bonds. The van der Waals surface area contributed by atoms with Crippen molar-refractivity contribution in [3.05, 3.63) is 69.4 Å². The molecule has 0 bridgehead atoms. The Morgan fingerprint density at radius 1 is 1.12 bits per heavy atom. The number of nitrogens with zero attached hydrogens (tertiary/aromatic N) is 1. The number of aromatic amines is 1. The van der Waals surface area contributed by atoms with Crippen LogP contribution in [0.1, 0.15) is 0 Å². The SMILES string of the molecule is O=c1cc(-c2ncc(-c3ccc(Br)cc3)o2)[nH]c2c(O)cccc12. The lowest BCUT2D eigenvalue weighted by Crippen LogP contribution is -2.02. The molecule has 2 aromatic heterocycles. The summed E-state index contributed by atoms with van der Waals surface area (Å²) < 4.78 is 6.73. The van der Waals surface area contributed by atoms with E-state index in [1.54, 1.807) is 18.3 Å². The van der Waals surface area contributed by atoms with Crippen LogP contribution in [0.2, 0.25) is 0 Å². The van der Waals surface area contributed by atoms with Crippen LogP contribution in [-0.2, 0) is 0 Å². The Morgan fingerprint density at radius 3 is 2.71 bits per heavy atom. The average molecular weight is 383 g/mol. The normalized spacial score (nSPS) is 11.0. The van der Waals surface area contributed by atoms with Crippen molar-refractivity contribution in [2.75, 3.05) is 0 Å². The number of aromatic nitrogens is 2. The molecule has 2 heterocycles. The first-order chi connectivity index (χ1) is 11.6. The summed E-state index contributed by atoms with van der Waals surface area (Å²) in [6, 6.07) is 13.8. The molecule has 5 nitrogen and oxygen atoms in total. The highest BCUT2D eigenvalue weighted by Crippen LogP contribution is 2.28. The van der Waals surface area contributed by atoms with Crippen LogP contribution in [0.15, 0.2) is 68.4 Å². The Bertz CT molecular complexity index is 1100. The molecule has 0 saturated heterocycles. The number of halogens is 1. The van der Waals surface area contributed by atoms with Crippen LogP contribution < -0.4 is 5.43 Å². The molecule has 0 aliphatic carbocycles. The van der Waals surface area contributed by atoms with Crippen molar-refractivity contribution in [2.45, 2.75) is 0 Å². The molecule has 0 fully saturated rings.